The van der Waals surface area contributed by atoms with E-state index in [1.807, 2.05) is 0 Å². The number of aryl methyl sites for hydroxylation is 2. The van der Waals surface area contributed by atoms with Crippen molar-refractivity contribution < 1.29 is 10.2 Å². The maximum atomic E-state index is 9.72. The van der Waals surface area contributed by atoms with E-state index < -0.39 is 0 Å². The molecule has 0 heterocycles. The van der Waals surface area contributed by atoms with Gasteiger partial charge in [0, 0.05) is 23.9 Å². The second-order valence-electron chi connectivity index (χ2n) is 5.00. The highest BCUT2D eigenvalue weighted by Gasteiger charge is 2.10. The van der Waals surface area contributed by atoms with Crippen LogP contribution < -0.4 is 5.32 Å². The molecule has 3 N–H and O–H groups in total. The van der Waals surface area contributed by atoms with Gasteiger partial charge in [-0.1, -0.05) is 6.07 Å². The number of hydrogen-bond donors (Lipinski definition) is 3. The van der Waals surface area contributed by atoms with Crippen molar-refractivity contribution in [3.8, 4) is 11.5 Å². The number of aromatic hydroxyl groups is 2. The molecule has 2 aromatic rings. The van der Waals surface area contributed by atoms with E-state index in [1.165, 1.54) is 30.0 Å². The highest BCUT2D eigenvalue weighted by molar-refractivity contribution is 5.51. The average Bonchev–Trinajstić information content (AvgIpc) is 2.85. The summed E-state index contributed by atoms with van der Waals surface area (Å²) in [5, 5.41) is 22.3. The molecule has 0 bridgehead atoms. The monoisotopic (exact) mass is 255 g/mol. The Morgan fingerprint density at radius 3 is 2.63 bits per heavy atom. The van der Waals surface area contributed by atoms with E-state index in [2.05, 4.69) is 23.5 Å². The van der Waals surface area contributed by atoms with Crippen LogP contribution in [-0.4, -0.2) is 10.2 Å². The Morgan fingerprint density at radius 1 is 0.947 bits per heavy atom. The zero-order valence-electron chi connectivity index (χ0n) is 10.7. The zero-order chi connectivity index (χ0) is 13.2. The minimum absolute atomic E-state index is 0.0822. The van der Waals surface area contributed by atoms with Gasteiger partial charge in [0.25, 0.3) is 0 Å². The van der Waals surface area contributed by atoms with Gasteiger partial charge >= 0.3 is 0 Å². The van der Waals surface area contributed by atoms with Crippen LogP contribution in [0, 0.1) is 0 Å². The Bertz CT molecular complexity index is 608. The van der Waals surface area contributed by atoms with Crippen LogP contribution in [0.25, 0.3) is 0 Å². The topological polar surface area (TPSA) is 52.5 Å². The Kier molecular flexibility index (Phi) is 3.03. The minimum Gasteiger partial charge on any atom is -0.508 e. The van der Waals surface area contributed by atoms with Crippen LogP contribution in [0.1, 0.15) is 23.1 Å². The highest BCUT2D eigenvalue weighted by Crippen LogP contribution is 2.26. The molecule has 3 rings (SSSR count). The molecule has 1 aliphatic rings. The first kappa shape index (κ1) is 11.9. The second kappa shape index (κ2) is 4.84. The zero-order valence-corrected chi connectivity index (χ0v) is 10.7. The Hall–Kier alpha value is -2.16. The van der Waals surface area contributed by atoms with Crippen molar-refractivity contribution in [2.24, 2.45) is 0 Å². The molecule has 0 amide bonds. The predicted octanol–water partition coefficient (Wildman–Crippen LogP) is 3.20. The highest BCUT2D eigenvalue weighted by atomic mass is 16.3. The van der Waals surface area contributed by atoms with Gasteiger partial charge in [-0.15, -0.1) is 0 Å². The fraction of sp³-hybridized carbons (Fsp3) is 0.250. The summed E-state index contributed by atoms with van der Waals surface area (Å²) < 4.78 is 0. The van der Waals surface area contributed by atoms with Crippen LogP contribution in [0.15, 0.2) is 36.4 Å². The molecule has 2 aromatic carbocycles. The third-order valence-electron chi connectivity index (χ3n) is 3.65. The number of hydrogen-bond acceptors (Lipinski definition) is 3. The Morgan fingerprint density at radius 2 is 1.79 bits per heavy atom. The minimum atomic E-state index is 0.0822. The summed E-state index contributed by atoms with van der Waals surface area (Å²) in [5.74, 6) is 0.201. The van der Waals surface area contributed by atoms with Crippen molar-refractivity contribution in [3.05, 3.63) is 53.1 Å². The summed E-state index contributed by atoms with van der Waals surface area (Å²) in [4.78, 5) is 0. The molecule has 0 unspecified atom stereocenters. The maximum Gasteiger partial charge on any atom is 0.124 e. The molecule has 3 nitrogen and oxygen atoms in total. The number of phenols is 2. The van der Waals surface area contributed by atoms with Gasteiger partial charge in [-0.25, -0.2) is 0 Å². The molecular formula is C16H17NO2. The molecule has 0 saturated heterocycles. The maximum absolute atomic E-state index is 9.72. The van der Waals surface area contributed by atoms with Crippen LogP contribution in [0.3, 0.4) is 0 Å². The fourth-order valence-corrected chi connectivity index (χ4v) is 2.58. The first-order chi connectivity index (χ1) is 9.22. The molecule has 0 fully saturated rings. The summed E-state index contributed by atoms with van der Waals surface area (Å²) in [6.07, 6.45) is 3.60. The summed E-state index contributed by atoms with van der Waals surface area (Å²) in [5.41, 5.74) is 4.74. The van der Waals surface area contributed by atoms with Gasteiger partial charge in [-0.3, -0.25) is 0 Å². The lowest BCUT2D eigenvalue weighted by atomic mass is 10.1. The third kappa shape index (κ3) is 2.50. The van der Waals surface area contributed by atoms with Crippen LogP contribution in [0.2, 0.25) is 0 Å². The Balaban J connectivity index is 1.72. The second-order valence-corrected chi connectivity index (χ2v) is 5.00. The fourth-order valence-electron chi connectivity index (χ4n) is 2.58. The average molecular weight is 255 g/mol. The van der Waals surface area contributed by atoms with Crippen LogP contribution in [-0.2, 0) is 19.4 Å². The van der Waals surface area contributed by atoms with Gasteiger partial charge in [-0.05, 0) is 54.7 Å². The van der Waals surface area contributed by atoms with Gasteiger partial charge < -0.3 is 15.5 Å². The third-order valence-corrected chi connectivity index (χ3v) is 3.65. The van der Waals surface area contributed by atoms with Crippen LogP contribution >= 0.6 is 0 Å². The number of fused-ring (bicyclic) bond motifs is 1. The molecule has 0 aliphatic heterocycles. The molecule has 3 heteroatoms. The first-order valence-electron chi connectivity index (χ1n) is 6.59. The summed E-state index contributed by atoms with van der Waals surface area (Å²) in [6, 6.07) is 11.1. The smallest absolute Gasteiger partial charge is 0.124 e. The van der Waals surface area contributed by atoms with Gasteiger partial charge in [0.05, 0.1) is 0 Å². The van der Waals surface area contributed by atoms with E-state index in [1.54, 1.807) is 12.1 Å². The van der Waals surface area contributed by atoms with Crippen molar-refractivity contribution in [1.29, 1.82) is 0 Å². The molecule has 0 radical (unpaired) electrons. The summed E-state index contributed by atoms with van der Waals surface area (Å²) in [6.45, 7) is 0.547. The van der Waals surface area contributed by atoms with Crippen LogP contribution in [0.5, 0.6) is 11.5 Å². The van der Waals surface area contributed by atoms with E-state index in [0.717, 1.165) is 17.7 Å². The van der Waals surface area contributed by atoms with Gasteiger partial charge in [-0.2, -0.15) is 0 Å². The van der Waals surface area contributed by atoms with E-state index in [4.69, 9.17) is 0 Å². The predicted molar refractivity (Wildman–Crippen MR) is 75.6 cm³/mol. The van der Waals surface area contributed by atoms with Gasteiger partial charge in [0.1, 0.15) is 11.5 Å². The lowest BCUT2D eigenvalue weighted by Gasteiger charge is -2.10. The molecule has 19 heavy (non-hydrogen) atoms. The molecule has 98 valence electrons. The summed E-state index contributed by atoms with van der Waals surface area (Å²) in [7, 11) is 0. The van der Waals surface area contributed by atoms with E-state index in [9.17, 15) is 10.2 Å². The standard InChI is InChI=1S/C16H17NO2/c18-15-7-5-13(16(19)9-15)10-17-14-6-4-11-2-1-3-12(11)8-14/h4-9,17-19H,1-3,10H2. The number of rotatable bonds is 3. The van der Waals surface area contributed by atoms with E-state index in [0.29, 0.717) is 6.54 Å². The quantitative estimate of drug-likeness (QED) is 0.789. The largest absolute Gasteiger partial charge is 0.508 e. The lowest BCUT2D eigenvalue weighted by molar-refractivity contribution is 0.446. The summed E-state index contributed by atoms with van der Waals surface area (Å²) >= 11 is 0. The number of benzene rings is 2. The van der Waals surface area contributed by atoms with Gasteiger partial charge in [0.2, 0.25) is 0 Å². The SMILES string of the molecule is Oc1ccc(CNc2ccc3c(c2)CCC3)c(O)c1. The Labute approximate surface area is 112 Å². The lowest BCUT2D eigenvalue weighted by Crippen LogP contribution is -2.00. The molecule has 1 aliphatic carbocycles. The number of anilines is 1. The molecule has 0 aromatic heterocycles. The molecule has 0 saturated carbocycles. The van der Waals surface area contributed by atoms with Crippen molar-refractivity contribution >= 4 is 5.69 Å². The van der Waals surface area contributed by atoms with Gasteiger partial charge in [0.15, 0.2) is 0 Å². The van der Waals surface area contributed by atoms with Crippen molar-refractivity contribution in [1.82, 2.24) is 0 Å². The van der Waals surface area contributed by atoms with Crippen LogP contribution in [0.4, 0.5) is 5.69 Å². The molecule has 0 spiro atoms. The van der Waals surface area contributed by atoms with Crippen molar-refractivity contribution in [2.75, 3.05) is 5.32 Å². The normalized spacial score (nSPS) is 13.3. The van der Waals surface area contributed by atoms with Crippen molar-refractivity contribution in [3.63, 3.8) is 0 Å². The number of phenolic OH excluding ortho intramolecular Hbond substituents is 2. The molecule has 0 atom stereocenters. The molecular weight excluding hydrogens is 238 g/mol. The van der Waals surface area contributed by atoms with E-state index in [-0.39, 0.29) is 11.5 Å². The first-order valence-corrected chi connectivity index (χ1v) is 6.59. The number of nitrogens with one attached hydrogen (secondary N) is 1. The van der Waals surface area contributed by atoms with E-state index >= 15 is 0 Å². The van der Waals surface area contributed by atoms with Crippen molar-refractivity contribution in [2.45, 2.75) is 25.8 Å².